The molecule has 0 aliphatic heterocycles. The highest BCUT2D eigenvalue weighted by Gasteiger charge is 2.29. The molecule has 0 atom stereocenters. The number of nitrogens with one attached hydrogen (secondary N) is 2. The molecule has 0 aromatic heterocycles. The first-order valence-electron chi connectivity index (χ1n) is 6.53. The summed E-state index contributed by atoms with van der Waals surface area (Å²) in [6.07, 6.45) is -3.36. The molecule has 9 heteroatoms. The fourth-order valence-corrected chi connectivity index (χ4v) is 2.17. The van der Waals surface area contributed by atoms with Crippen molar-refractivity contribution >= 4 is 17.8 Å². The van der Waals surface area contributed by atoms with Crippen molar-refractivity contribution in [2.24, 2.45) is 5.92 Å². The Hall–Kier alpha value is -1.80. The molecule has 3 N–H and O–H groups in total. The molecule has 0 radical (unpaired) electrons. The van der Waals surface area contributed by atoms with Crippen molar-refractivity contribution in [1.82, 2.24) is 10.6 Å². The summed E-state index contributed by atoms with van der Waals surface area (Å²) in [6, 6.07) is -0.233. The maximum Gasteiger partial charge on any atom is 0.405 e. The lowest BCUT2D eigenvalue weighted by Crippen LogP contribution is -2.42. The zero-order valence-corrected chi connectivity index (χ0v) is 11.2. The second kappa shape index (κ2) is 7.28. The minimum atomic E-state index is -4.51. The second-order valence-corrected chi connectivity index (χ2v) is 5.02. The van der Waals surface area contributed by atoms with E-state index < -0.39 is 42.8 Å². The normalized spacial score (nSPS) is 22.4. The standard InChI is InChI=1S/C12H17F3N2O4/c13-12(14,15)6-16-9(18)5-10(19)17-8-3-1-7(2-4-8)11(20)21/h7-8H,1-6H2,(H,16,18)(H,17,19)(H,20,21). The second-order valence-electron chi connectivity index (χ2n) is 5.02. The topological polar surface area (TPSA) is 95.5 Å². The summed E-state index contributed by atoms with van der Waals surface area (Å²) in [5.74, 6) is -2.95. The lowest BCUT2D eigenvalue weighted by Gasteiger charge is -2.26. The minimum Gasteiger partial charge on any atom is -0.481 e. The van der Waals surface area contributed by atoms with E-state index in [1.54, 1.807) is 5.32 Å². The predicted molar refractivity (Wildman–Crippen MR) is 65.2 cm³/mol. The third-order valence-electron chi connectivity index (χ3n) is 3.25. The zero-order valence-electron chi connectivity index (χ0n) is 11.2. The summed E-state index contributed by atoms with van der Waals surface area (Å²) < 4.78 is 35.6. The van der Waals surface area contributed by atoms with Crippen LogP contribution in [0, 0.1) is 5.92 Å². The molecule has 1 aliphatic carbocycles. The molecule has 0 aromatic rings. The van der Waals surface area contributed by atoms with Crippen LogP contribution in [-0.4, -0.2) is 41.7 Å². The smallest absolute Gasteiger partial charge is 0.405 e. The molecule has 120 valence electrons. The Morgan fingerprint density at radius 1 is 1.05 bits per heavy atom. The third-order valence-corrected chi connectivity index (χ3v) is 3.25. The van der Waals surface area contributed by atoms with Crippen LogP contribution in [0.4, 0.5) is 13.2 Å². The molecule has 21 heavy (non-hydrogen) atoms. The van der Waals surface area contributed by atoms with Crippen molar-refractivity contribution in [3.8, 4) is 0 Å². The summed E-state index contributed by atoms with van der Waals surface area (Å²) >= 11 is 0. The largest absolute Gasteiger partial charge is 0.481 e. The first-order chi connectivity index (χ1) is 9.67. The van der Waals surface area contributed by atoms with Crippen molar-refractivity contribution in [3.05, 3.63) is 0 Å². The van der Waals surface area contributed by atoms with Gasteiger partial charge >= 0.3 is 12.1 Å². The molecule has 2 amide bonds. The summed E-state index contributed by atoms with van der Waals surface area (Å²) in [7, 11) is 0. The molecular formula is C12H17F3N2O4. The number of hydrogen-bond acceptors (Lipinski definition) is 3. The summed E-state index contributed by atoms with van der Waals surface area (Å²) in [5.41, 5.74) is 0. The van der Waals surface area contributed by atoms with Crippen molar-refractivity contribution in [1.29, 1.82) is 0 Å². The van der Waals surface area contributed by atoms with Gasteiger partial charge in [0.15, 0.2) is 0 Å². The summed E-state index contributed by atoms with van der Waals surface area (Å²) in [6.45, 7) is -1.47. The number of carbonyl (C=O) groups excluding carboxylic acids is 2. The molecule has 0 aromatic carbocycles. The highest BCUT2D eigenvalue weighted by Crippen LogP contribution is 2.24. The molecule has 1 saturated carbocycles. The maximum atomic E-state index is 11.9. The molecule has 0 heterocycles. The predicted octanol–water partition coefficient (Wildman–Crippen LogP) is 0.815. The van der Waals surface area contributed by atoms with Crippen LogP contribution in [0.5, 0.6) is 0 Å². The number of carboxylic acid groups (broad SMARTS) is 1. The van der Waals surface area contributed by atoms with E-state index in [1.807, 2.05) is 0 Å². The van der Waals surface area contributed by atoms with Crippen molar-refractivity contribution in [2.75, 3.05) is 6.54 Å². The number of amides is 2. The average molecular weight is 310 g/mol. The van der Waals surface area contributed by atoms with Gasteiger partial charge in [0.1, 0.15) is 13.0 Å². The van der Waals surface area contributed by atoms with Crippen LogP contribution in [0.1, 0.15) is 32.1 Å². The number of carbonyl (C=O) groups is 3. The van der Waals surface area contributed by atoms with Gasteiger partial charge in [-0.3, -0.25) is 14.4 Å². The van der Waals surface area contributed by atoms with Crippen LogP contribution in [0.15, 0.2) is 0 Å². The van der Waals surface area contributed by atoms with Gasteiger partial charge in [-0.1, -0.05) is 0 Å². The first-order valence-corrected chi connectivity index (χ1v) is 6.53. The number of aliphatic carboxylic acids is 1. The van der Waals surface area contributed by atoms with E-state index in [0.717, 1.165) is 0 Å². The number of alkyl halides is 3. The van der Waals surface area contributed by atoms with E-state index in [0.29, 0.717) is 25.7 Å². The monoisotopic (exact) mass is 310 g/mol. The van der Waals surface area contributed by atoms with Gasteiger partial charge in [0.25, 0.3) is 0 Å². The number of halogens is 3. The molecule has 0 unspecified atom stereocenters. The summed E-state index contributed by atoms with van der Waals surface area (Å²) in [4.78, 5) is 33.4. The van der Waals surface area contributed by atoms with E-state index in [9.17, 15) is 27.6 Å². The quantitative estimate of drug-likeness (QED) is 0.655. The zero-order chi connectivity index (χ0) is 16.0. The fourth-order valence-electron chi connectivity index (χ4n) is 2.17. The minimum absolute atomic E-state index is 0.233. The molecule has 1 rings (SSSR count). The van der Waals surface area contributed by atoms with Gasteiger partial charge in [0.2, 0.25) is 11.8 Å². The number of carboxylic acids is 1. The molecule has 0 bridgehead atoms. The molecule has 1 aliphatic rings. The Balaban J connectivity index is 2.25. The van der Waals surface area contributed by atoms with Gasteiger partial charge in [-0.05, 0) is 25.7 Å². The number of hydrogen-bond donors (Lipinski definition) is 3. The van der Waals surface area contributed by atoms with Crippen LogP contribution < -0.4 is 10.6 Å². The number of rotatable bonds is 5. The molecule has 6 nitrogen and oxygen atoms in total. The summed E-state index contributed by atoms with van der Waals surface area (Å²) in [5, 5.41) is 13.0. The van der Waals surface area contributed by atoms with Gasteiger partial charge in [-0.15, -0.1) is 0 Å². The lowest BCUT2D eigenvalue weighted by atomic mass is 9.86. The van der Waals surface area contributed by atoms with Crippen molar-refractivity contribution < 1.29 is 32.7 Å². The Labute approximate surface area is 119 Å². The van der Waals surface area contributed by atoms with Gasteiger partial charge in [0, 0.05) is 6.04 Å². The highest BCUT2D eigenvalue weighted by molar-refractivity contribution is 5.96. The van der Waals surface area contributed by atoms with Crippen LogP contribution in [-0.2, 0) is 14.4 Å². The van der Waals surface area contributed by atoms with E-state index in [2.05, 4.69) is 5.32 Å². The SMILES string of the molecule is O=C(CC(=O)NC1CCC(C(=O)O)CC1)NCC(F)(F)F. The Morgan fingerprint density at radius 3 is 2.10 bits per heavy atom. The van der Waals surface area contributed by atoms with E-state index in [1.165, 1.54) is 0 Å². The van der Waals surface area contributed by atoms with E-state index in [-0.39, 0.29) is 6.04 Å². The van der Waals surface area contributed by atoms with Crippen LogP contribution in [0.25, 0.3) is 0 Å². The van der Waals surface area contributed by atoms with E-state index in [4.69, 9.17) is 5.11 Å². The Kier molecular flexibility index (Phi) is 5.98. The van der Waals surface area contributed by atoms with Gasteiger partial charge in [-0.2, -0.15) is 13.2 Å². The van der Waals surface area contributed by atoms with Crippen molar-refractivity contribution in [2.45, 2.75) is 44.3 Å². The molecule has 0 saturated heterocycles. The lowest BCUT2D eigenvalue weighted by molar-refractivity contribution is -0.143. The maximum absolute atomic E-state index is 11.9. The highest BCUT2D eigenvalue weighted by atomic mass is 19.4. The van der Waals surface area contributed by atoms with Gasteiger partial charge in [-0.25, -0.2) is 0 Å². The van der Waals surface area contributed by atoms with Crippen molar-refractivity contribution in [3.63, 3.8) is 0 Å². The van der Waals surface area contributed by atoms with E-state index >= 15 is 0 Å². The Bertz CT molecular complexity index is 404. The Morgan fingerprint density at radius 2 is 1.62 bits per heavy atom. The van der Waals surface area contributed by atoms with Crippen LogP contribution in [0.2, 0.25) is 0 Å². The molecule has 0 spiro atoms. The molecular weight excluding hydrogens is 293 g/mol. The fraction of sp³-hybridized carbons (Fsp3) is 0.750. The van der Waals surface area contributed by atoms with Crippen LogP contribution >= 0.6 is 0 Å². The molecule has 1 fully saturated rings. The average Bonchev–Trinajstić information content (AvgIpc) is 2.36. The van der Waals surface area contributed by atoms with Gasteiger partial charge < -0.3 is 15.7 Å². The van der Waals surface area contributed by atoms with Gasteiger partial charge in [0.05, 0.1) is 5.92 Å². The van der Waals surface area contributed by atoms with Crippen LogP contribution in [0.3, 0.4) is 0 Å². The first kappa shape index (κ1) is 17.3. The third kappa shape index (κ3) is 6.96.